The molecule has 0 saturated carbocycles. The summed E-state index contributed by atoms with van der Waals surface area (Å²) in [7, 11) is -0.393. The van der Waals surface area contributed by atoms with Gasteiger partial charge in [0.2, 0.25) is 15.9 Å². The number of carbonyl (C=O) groups is 1. The zero-order chi connectivity index (χ0) is 26.3. The second kappa shape index (κ2) is 9.84. The van der Waals surface area contributed by atoms with Crippen molar-refractivity contribution in [1.29, 1.82) is 0 Å². The summed E-state index contributed by atoms with van der Waals surface area (Å²) in [6.45, 7) is 3.55. The van der Waals surface area contributed by atoms with Crippen LogP contribution in [0.4, 0.5) is 11.4 Å². The van der Waals surface area contributed by atoms with Gasteiger partial charge in [0.1, 0.15) is 16.9 Å². The van der Waals surface area contributed by atoms with Gasteiger partial charge in [0.15, 0.2) is 0 Å². The van der Waals surface area contributed by atoms with Gasteiger partial charge < -0.3 is 14.4 Å². The standard InChI is InChI=1S/C26H26Cl2N2O5S/c1-5-36(32,33)29-18-8-10-22(28)20(13-18)26(2)21-12-17(27)7-11-23(21)30(25(26)31)15-16-6-9-19(34-3)14-24(16)35-4/h6-14,29H,5,15H2,1-4H3. The second-order valence-electron chi connectivity index (χ2n) is 8.56. The quantitative estimate of drug-likeness (QED) is 0.394. The topological polar surface area (TPSA) is 84.9 Å². The third kappa shape index (κ3) is 4.61. The number of nitrogens with one attached hydrogen (secondary N) is 1. The SMILES string of the molecule is CCS(=O)(=O)Nc1ccc(Cl)c(C2(C)C(=O)N(Cc3ccc(OC)cc3OC)c3ccc(Cl)cc32)c1. The zero-order valence-electron chi connectivity index (χ0n) is 20.3. The minimum atomic E-state index is -3.52. The number of fused-ring (bicyclic) bond motifs is 1. The number of sulfonamides is 1. The zero-order valence-corrected chi connectivity index (χ0v) is 22.6. The molecular formula is C26H26Cl2N2O5S. The third-order valence-electron chi connectivity index (χ3n) is 6.44. The summed E-state index contributed by atoms with van der Waals surface area (Å²) in [6, 6.07) is 15.5. The molecule has 1 atom stereocenters. The maximum Gasteiger partial charge on any atom is 0.242 e. The van der Waals surface area contributed by atoms with Crippen molar-refractivity contribution in [3.05, 3.63) is 81.3 Å². The van der Waals surface area contributed by atoms with E-state index in [1.165, 1.54) is 0 Å². The summed E-state index contributed by atoms with van der Waals surface area (Å²) < 4.78 is 37.7. The van der Waals surface area contributed by atoms with Crippen LogP contribution in [0.5, 0.6) is 11.5 Å². The highest BCUT2D eigenvalue weighted by molar-refractivity contribution is 7.92. The largest absolute Gasteiger partial charge is 0.497 e. The molecule has 0 radical (unpaired) electrons. The number of nitrogens with zero attached hydrogens (tertiary/aromatic N) is 1. The predicted molar refractivity (Wildman–Crippen MR) is 143 cm³/mol. The Hall–Kier alpha value is -2.94. The van der Waals surface area contributed by atoms with Crippen molar-refractivity contribution in [3.8, 4) is 11.5 Å². The minimum Gasteiger partial charge on any atom is -0.497 e. The van der Waals surface area contributed by atoms with Crippen LogP contribution in [0.2, 0.25) is 10.0 Å². The number of methoxy groups -OCH3 is 2. The molecule has 1 N–H and O–H groups in total. The van der Waals surface area contributed by atoms with Crippen LogP contribution in [0.15, 0.2) is 54.6 Å². The molecule has 36 heavy (non-hydrogen) atoms. The van der Waals surface area contributed by atoms with Crippen molar-refractivity contribution in [3.63, 3.8) is 0 Å². The molecule has 1 heterocycles. The molecule has 0 aromatic heterocycles. The summed E-state index contributed by atoms with van der Waals surface area (Å²) in [5.74, 6) is 0.908. The maximum absolute atomic E-state index is 14.1. The number of benzene rings is 3. The molecule has 1 unspecified atom stereocenters. The molecule has 0 fully saturated rings. The number of anilines is 2. The van der Waals surface area contributed by atoms with Gasteiger partial charge >= 0.3 is 0 Å². The van der Waals surface area contributed by atoms with Crippen LogP contribution >= 0.6 is 23.2 Å². The molecule has 3 aromatic rings. The van der Waals surface area contributed by atoms with Crippen LogP contribution < -0.4 is 19.1 Å². The van der Waals surface area contributed by atoms with Crippen molar-refractivity contribution in [2.45, 2.75) is 25.8 Å². The predicted octanol–water partition coefficient (Wildman–Crippen LogP) is 5.63. The maximum atomic E-state index is 14.1. The Morgan fingerprint density at radius 1 is 0.972 bits per heavy atom. The third-order valence-corrected chi connectivity index (χ3v) is 8.31. The Balaban J connectivity index is 1.84. The summed E-state index contributed by atoms with van der Waals surface area (Å²) in [6.07, 6.45) is 0. The molecule has 0 spiro atoms. The number of carbonyl (C=O) groups excluding carboxylic acids is 1. The first-order valence-corrected chi connectivity index (χ1v) is 13.6. The molecule has 190 valence electrons. The lowest BCUT2D eigenvalue weighted by molar-refractivity contribution is -0.121. The Morgan fingerprint density at radius 2 is 1.72 bits per heavy atom. The van der Waals surface area contributed by atoms with Gasteiger partial charge in [0.05, 0.1) is 26.5 Å². The molecule has 7 nitrogen and oxygen atoms in total. The van der Waals surface area contributed by atoms with Gasteiger partial charge in [-0.15, -0.1) is 0 Å². The summed E-state index contributed by atoms with van der Waals surface area (Å²) in [4.78, 5) is 15.8. The summed E-state index contributed by atoms with van der Waals surface area (Å²) >= 11 is 13.0. The Kier molecular flexibility index (Phi) is 7.14. The van der Waals surface area contributed by atoms with E-state index in [1.54, 1.807) is 81.5 Å². The molecule has 1 aliphatic heterocycles. The smallest absolute Gasteiger partial charge is 0.242 e. The van der Waals surface area contributed by atoms with E-state index in [-0.39, 0.29) is 18.2 Å². The number of hydrogen-bond donors (Lipinski definition) is 1. The van der Waals surface area contributed by atoms with E-state index in [1.807, 2.05) is 6.07 Å². The van der Waals surface area contributed by atoms with E-state index >= 15 is 0 Å². The molecule has 1 aliphatic rings. The highest BCUT2D eigenvalue weighted by Crippen LogP contribution is 2.50. The molecule has 10 heteroatoms. The van der Waals surface area contributed by atoms with Crippen LogP contribution in [0.3, 0.4) is 0 Å². The van der Waals surface area contributed by atoms with Gasteiger partial charge in [0, 0.05) is 33.0 Å². The molecule has 4 rings (SSSR count). The van der Waals surface area contributed by atoms with Crippen LogP contribution in [-0.4, -0.2) is 34.3 Å². The van der Waals surface area contributed by atoms with Crippen LogP contribution in [0.25, 0.3) is 0 Å². The lowest BCUT2D eigenvalue weighted by Crippen LogP contribution is -2.39. The number of amides is 1. The molecule has 0 aliphatic carbocycles. The van der Waals surface area contributed by atoms with Crippen molar-refractivity contribution >= 4 is 50.5 Å². The van der Waals surface area contributed by atoms with E-state index in [2.05, 4.69) is 4.72 Å². The van der Waals surface area contributed by atoms with Gasteiger partial charge in [0.25, 0.3) is 0 Å². The average molecular weight is 549 g/mol. The van der Waals surface area contributed by atoms with Gasteiger partial charge in [-0.25, -0.2) is 8.42 Å². The molecule has 0 bridgehead atoms. The Bertz CT molecular complexity index is 1440. The van der Waals surface area contributed by atoms with E-state index in [0.29, 0.717) is 44.0 Å². The number of ether oxygens (including phenoxy) is 2. The minimum absolute atomic E-state index is 0.0862. The highest BCUT2D eigenvalue weighted by Gasteiger charge is 2.50. The summed E-state index contributed by atoms with van der Waals surface area (Å²) in [5.41, 5.74) is 1.71. The molecule has 1 amide bonds. The lowest BCUT2D eigenvalue weighted by atomic mass is 9.77. The van der Waals surface area contributed by atoms with Gasteiger partial charge in [-0.3, -0.25) is 9.52 Å². The van der Waals surface area contributed by atoms with Crippen LogP contribution in [0.1, 0.15) is 30.5 Å². The first-order chi connectivity index (χ1) is 17.0. The van der Waals surface area contributed by atoms with Crippen molar-refractivity contribution in [1.82, 2.24) is 0 Å². The monoisotopic (exact) mass is 548 g/mol. The fourth-order valence-corrected chi connectivity index (χ4v) is 5.54. The summed E-state index contributed by atoms with van der Waals surface area (Å²) in [5, 5.41) is 0.802. The normalized spacial score (nSPS) is 17.2. The van der Waals surface area contributed by atoms with Gasteiger partial charge in [-0.2, -0.15) is 0 Å². The molecule has 3 aromatic carbocycles. The lowest BCUT2D eigenvalue weighted by Gasteiger charge is -2.27. The van der Waals surface area contributed by atoms with Gasteiger partial charge in [-0.05, 0) is 73.5 Å². The first-order valence-electron chi connectivity index (χ1n) is 11.2. The van der Waals surface area contributed by atoms with Crippen molar-refractivity contribution in [2.24, 2.45) is 0 Å². The van der Waals surface area contributed by atoms with E-state index in [0.717, 1.165) is 5.56 Å². The molecular weight excluding hydrogens is 523 g/mol. The van der Waals surface area contributed by atoms with Crippen molar-refractivity contribution < 1.29 is 22.7 Å². The van der Waals surface area contributed by atoms with Crippen LogP contribution in [-0.2, 0) is 26.8 Å². The first kappa shape index (κ1) is 26.1. The number of rotatable bonds is 8. The van der Waals surface area contributed by atoms with Crippen LogP contribution in [0, 0.1) is 0 Å². The Labute approximate surface area is 221 Å². The van der Waals surface area contributed by atoms with E-state index in [9.17, 15) is 13.2 Å². The molecule has 0 saturated heterocycles. The fourth-order valence-electron chi connectivity index (χ4n) is 4.43. The highest BCUT2D eigenvalue weighted by atomic mass is 35.5. The van der Waals surface area contributed by atoms with E-state index < -0.39 is 15.4 Å². The average Bonchev–Trinajstić information content (AvgIpc) is 3.07. The number of hydrogen-bond acceptors (Lipinski definition) is 5. The van der Waals surface area contributed by atoms with E-state index in [4.69, 9.17) is 32.7 Å². The van der Waals surface area contributed by atoms with Crippen molar-refractivity contribution in [2.75, 3.05) is 29.6 Å². The second-order valence-corrected chi connectivity index (χ2v) is 11.4. The van der Waals surface area contributed by atoms with Gasteiger partial charge in [-0.1, -0.05) is 23.2 Å². The Morgan fingerprint density at radius 3 is 2.39 bits per heavy atom. The fraction of sp³-hybridized carbons (Fsp3) is 0.269. The number of halogens is 2.